The van der Waals surface area contributed by atoms with E-state index in [1.807, 2.05) is 23.1 Å². The summed E-state index contributed by atoms with van der Waals surface area (Å²) in [5.41, 5.74) is 1.24. The fraction of sp³-hybridized carbons (Fsp3) is 0.333. The topological polar surface area (TPSA) is 3.24 Å². The number of nitrogens with zero attached hydrogens (tertiary/aromatic N) is 1. The van der Waals surface area contributed by atoms with Crippen LogP contribution in [0.3, 0.4) is 0 Å². The quantitative estimate of drug-likeness (QED) is 0.538. The van der Waals surface area contributed by atoms with Gasteiger partial charge in [-0.3, -0.25) is 4.90 Å². The SMILES string of the molecule is ClCN(CCl)Cc1ccccc1. The molecule has 0 unspecified atom stereocenters. The van der Waals surface area contributed by atoms with Crippen molar-refractivity contribution in [3.05, 3.63) is 35.9 Å². The summed E-state index contributed by atoms with van der Waals surface area (Å²) in [6.45, 7) is 0.813. The molecule has 0 heterocycles. The van der Waals surface area contributed by atoms with E-state index in [9.17, 15) is 0 Å². The Bertz CT molecular complexity index is 209. The Kier molecular flexibility index (Phi) is 4.44. The van der Waals surface area contributed by atoms with Crippen LogP contribution in [0.1, 0.15) is 5.56 Å². The molecule has 66 valence electrons. The van der Waals surface area contributed by atoms with Crippen LogP contribution < -0.4 is 0 Å². The largest absolute Gasteiger partial charge is 0.272 e. The summed E-state index contributed by atoms with van der Waals surface area (Å²) < 4.78 is 0. The van der Waals surface area contributed by atoms with Crippen LogP contribution in [-0.2, 0) is 6.54 Å². The summed E-state index contributed by atoms with van der Waals surface area (Å²) in [7, 11) is 0. The molecular weight excluding hydrogens is 193 g/mol. The molecule has 0 spiro atoms. The molecule has 0 fully saturated rings. The molecule has 0 saturated carbocycles. The zero-order valence-corrected chi connectivity index (χ0v) is 8.22. The van der Waals surface area contributed by atoms with Crippen LogP contribution in [-0.4, -0.2) is 16.9 Å². The van der Waals surface area contributed by atoms with Gasteiger partial charge in [-0.15, -0.1) is 23.2 Å². The van der Waals surface area contributed by atoms with Crippen molar-refractivity contribution in [1.29, 1.82) is 0 Å². The van der Waals surface area contributed by atoms with Gasteiger partial charge in [0.05, 0.1) is 12.0 Å². The lowest BCUT2D eigenvalue weighted by atomic mass is 10.2. The van der Waals surface area contributed by atoms with Crippen molar-refractivity contribution in [2.45, 2.75) is 6.54 Å². The summed E-state index contributed by atoms with van der Waals surface area (Å²) in [5, 5.41) is 0. The molecule has 0 amide bonds. The van der Waals surface area contributed by atoms with E-state index in [2.05, 4.69) is 12.1 Å². The molecule has 0 aliphatic rings. The molecule has 1 aromatic rings. The average Bonchev–Trinajstić information content (AvgIpc) is 2.16. The van der Waals surface area contributed by atoms with Crippen LogP contribution in [0.2, 0.25) is 0 Å². The Hall–Kier alpha value is -0.240. The monoisotopic (exact) mass is 203 g/mol. The first kappa shape index (κ1) is 9.85. The van der Waals surface area contributed by atoms with Crippen molar-refractivity contribution in [1.82, 2.24) is 4.90 Å². The summed E-state index contributed by atoms with van der Waals surface area (Å²) in [5.74, 6) is 0. The predicted molar refractivity (Wildman–Crippen MR) is 53.4 cm³/mol. The van der Waals surface area contributed by atoms with E-state index in [4.69, 9.17) is 23.2 Å². The van der Waals surface area contributed by atoms with Crippen molar-refractivity contribution < 1.29 is 0 Å². The number of hydrogen-bond donors (Lipinski definition) is 0. The van der Waals surface area contributed by atoms with Gasteiger partial charge in [-0.05, 0) is 5.56 Å². The van der Waals surface area contributed by atoms with Crippen molar-refractivity contribution in [3.63, 3.8) is 0 Å². The Labute approximate surface area is 82.9 Å². The number of hydrogen-bond acceptors (Lipinski definition) is 1. The second-order valence-electron chi connectivity index (χ2n) is 2.55. The van der Waals surface area contributed by atoms with Crippen LogP contribution >= 0.6 is 23.2 Å². The third-order valence-electron chi connectivity index (χ3n) is 1.59. The average molecular weight is 204 g/mol. The highest BCUT2D eigenvalue weighted by molar-refractivity contribution is 6.19. The molecule has 0 bridgehead atoms. The van der Waals surface area contributed by atoms with E-state index in [0.29, 0.717) is 12.0 Å². The second kappa shape index (κ2) is 5.41. The molecule has 3 heteroatoms. The third-order valence-corrected chi connectivity index (χ3v) is 2.26. The number of halogens is 2. The zero-order valence-electron chi connectivity index (χ0n) is 6.71. The summed E-state index contributed by atoms with van der Waals surface area (Å²) in [6, 6.07) is 11.1. The van der Waals surface area contributed by atoms with Gasteiger partial charge in [0.2, 0.25) is 0 Å². The minimum Gasteiger partial charge on any atom is -0.272 e. The molecular formula is C9H11Cl2N. The maximum atomic E-state index is 5.66. The second-order valence-corrected chi connectivity index (χ2v) is 3.03. The van der Waals surface area contributed by atoms with E-state index in [0.717, 1.165) is 6.54 Å². The minimum absolute atomic E-state index is 0.471. The van der Waals surface area contributed by atoms with Gasteiger partial charge >= 0.3 is 0 Å². The Balaban J connectivity index is 2.51. The lowest BCUT2D eigenvalue weighted by Crippen LogP contribution is -2.19. The molecule has 0 aliphatic carbocycles. The van der Waals surface area contributed by atoms with Gasteiger partial charge in [-0.25, -0.2) is 0 Å². The number of alkyl halides is 2. The van der Waals surface area contributed by atoms with Crippen molar-refractivity contribution >= 4 is 23.2 Å². The van der Waals surface area contributed by atoms with Gasteiger partial charge in [0.15, 0.2) is 0 Å². The maximum Gasteiger partial charge on any atom is 0.0750 e. The van der Waals surface area contributed by atoms with Gasteiger partial charge in [0.1, 0.15) is 0 Å². The van der Waals surface area contributed by atoms with E-state index in [1.165, 1.54) is 5.56 Å². The lowest BCUT2D eigenvalue weighted by molar-refractivity contribution is 0.363. The zero-order chi connectivity index (χ0) is 8.81. The first-order valence-electron chi connectivity index (χ1n) is 3.75. The molecule has 0 radical (unpaired) electrons. The van der Waals surface area contributed by atoms with E-state index >= 15 is 0 Å². The molecule has 1 rings (SSSR count). The van der Waals surface area contributed by atoms with Crippen molar-refractivity contribution in [2.24, 2.45) is 0 Å². The fourth-order valence-electron chi connectivity index (χ4n) is 0.958. The van der Waals surface area contributed by atoms with Crippen LogP contribution in [0.15, 0.2) is 30.3 Å². The summed E-state index contributed by atoms with van der Waals surface area (Å²) >= 11 is 11.3. The molecule has 12 heavy (non-hydrogen) atoms. The highest BCUT2D eigenvalue weighted by Gasteiger charge is 2.00. The normalized spacial score (nSPS) is 10.6. The van der Waals surface area contributed by atoms with Gasteiger partial charge in [-0.1, -0.05) is 30.3 Å². The summed E-state index contributed by atoms with van der Waals surface area (Å²) in [6.07, 6.45) is 0. The Morgan fingerprint density at radius 3 is 2.08 bits per heavy atom. The predicted octanol–water partition coefficient (Wildman–Crippen LogP) is 2.88. The highest BCUT2D eigenvalue weighted by Crippen LogP contribution is 2.05. The standard InChI is InChI=1S/C9H11Cl2N/c10-7-12(8-11)6-9-4-2-1-3-5-9/h1-5H,6-8H2. The van der Waals surface area contributed by atoms with Gasteiger partial charge in [0, 0.05) is 6.54 Å². The molecule has 0 aliphatic heterocycles. The lowest BCUT2D eigenvalue weighted by Gasteiger charge is -2.14. The fourth-order valence-corrected chi connectivity index (χ4v) is 1.38. The van der Waals surface area contributed by atoms with Crippen LogP contribution in [0.4, 0.5) is 0 Å². The molecule has 0 N–H and O–H groups in total. The molecule has 0 saturated heterocycles. The molecule has 1 aromatic carbocycles. The molecule has 1 nitrogen and oxygen atoms in total. The van der Waals surface area contributed by atoms with Gasteiger partial charge < -0.3 is 0 Å². The summed E-state index contributed by atoms with van der Waals surface area (Å²) in [4.78, 5) is 1.94. The smallest absolute Gasteiger partial charge is 0.0750 e. The third kappa shape index (κ3) is 3.02. The molecule has 0 aromatic heterocycles. The van der Waals surface area contributed by atoms with E-state index < -0.39 is 0 Å². The van der Waals surface area contributed by atoms with Crippen LogP contribution in [0.5, 0.6) is 0 Å². The minimum atomic E-state index is 0.471. The van der Waals surface area contributed by atoms with Crippen molar-refractivity contribution in [2.75, 3.05) is 12.0 Å². The Morgan fingerprint density at radius 2 is 1.58 bits per heavy atom. The number of benzene rings is 1. The first-order chi connectivity index (χ1) is 5.86. The first-order valence-corrected chi connectivity index (χ1v) is 4.82. The van der Waals surface area contributed by atoms with Crippen LogP contribution in [0.25, 0.3) is 0 Å². The number of rotatable bonds is 4. The van der Waals surface area contributed by atoms with Crippen LogP contribution in [0, 0.1) is 0 Å². The maximum absolute atomic E-state index is 5.66. The molecule has 0 atom stereocenters. The van der Waals surface area contributed by atoms with E-state index in [-0.39, 0.29) is 0 Å². The van der Waals surface area contributed by atoms with Crippen molar-refractivity contribution in [3.8, 4) is 0 Å². The Morgan fingerprint density at radius 1 is 1.00 bits per heavy atom. The van der Waals surface area contributed by atoms with E-state index in [1.54, 1.807) is 0 Å². The highest BCUT2D eigenvalue weighted by atomic mass is 35.5. The van der Waals surface area contributed by atoms with Gasteiger partial charge in [-0.2, -0.15) is 0 Å². The van der Waals surface area contributed by atoms with Gasteiger partial charge in [0.25, 0.3) is 0 Å².